The van der Waals surface area contributed by atoms with Gasteiger partial charge >= 0.3 is 0 Å². The van der Waals surface area contributed by atoms with Crippen LogP contribution in [0.4, 0.5) is 0 Å². The van der Waals surface area contributed by atoms with Crippen LogP contribution in [0.5, 0.6) is 0 Å². The molecule has 1 aromatic heterocycles. The first kappa shape index (κ1) is 11.2. The highest BCUT2D eigenvalue weighted by Crippen LogP contribution is 2.30. The van der Waals surface area contributed by atoms with Crippen molar-refractivity contribution in [3.63, 3.8) is 0 Å². The van der Waals surface area contributed by atoms with Crippen LogP contribution in [0.15, 0.2) is 22.8 Å². The molecular weight excluding hydrogens is 210 g/mol. The molecule has 5 heteroatoms. The fourth-order valence-electron chi connectivity index (χ4n) is 1.53. The van der Waals surface area contributed by atoms with Crippen molar-refractivity contribution in [1.82, 2.24) is 5.32 Å². The third-order valence-electron chi connectivity index (χ3n) is 2.61. The van der Waals surface area contributed by atoms with Crippen molar-refractivity contribution >= 4 is 5.91 Å². The molecule has 1 aromatic rings. The van der Waals surface area contributed by atoms with Crippen LogP contribution in [-0.4, -0.2) is 24.9 Å². The van der Waals surface area contributed by atoms with Gasteiger partial charge in [0, 0.05) is 7.11 Å². The number of β-lactam (4-membered cyclic amide) rings is 1. The number of amides is 1. The van der Waals surface area contributed by atoms with Gasteiger partial charge in [-0.05, 0) is 26.0 Å². The van der Waals surface area contributed by atoms with Gasteiger partial charge in [-0.15, -0.1) is 0 Å². The lowest BCUT2D eigenvalue weighted by Crippen LogP contribution is -2.59. The van der Waals surface area contributed by atoms with Crippen LogP contribution in [0.1, 0.15) is 25.6 Å². The van der Waals surface area contributed by atoms with Gasteiger partial charge in [0.2, 0.25) is 0 Å². The molecule has 5 nitrogen and oxygen atoms in total. The second-order valence-corrected chi connectivity index (χ2v) is 4.14. The summed E-state index contributed by atoms with van der Waals surface area (Å²) >= 11 is 0. The monoisotopic (exact) mass is 225 g/mol. The lowest BCUT2D eigenvalue weighted by atomic mass is 9.99. The highest BCUT2D eigenvalue weighted by molar-refractivity contribution is 5.88. The zero-order valence-electron chi connectivity index (χ0n) is 9.52. The number of nitrogens with one attached hydrogen (secondary N) is 1. The molecule has 1 aliphatic rings. The second kappa shape index (κ2) is 3.92. The van der Waals surface area contributed by atoms with Gasteiger partial charge in [0.1, 0.15) is 11.8 Å². The van der Waals surface area contributed by atoms with Crippen molar-refractivity contribution in [3.8, 4) is 0 Å². The Morgan fingerprint density at radius 2 is 2.25 bits per heavy atom. The van der Waals surface area contributed by atoms with Crippen LogP contribution in [0.3, 0.4) is 0 Å². The molecule has 2 atom stereocenters. The topological polar surface area (TPSA) is 60.7 Å². The van der Waals surface area contributed by atoms with Crippen molar-refractivity contribution in [2.24, 2.45) is 0 Å². The third-order valence-corrected chi connectivity index (χ3v) is 2.61. The van der Waals surface area contributed by atoms with E-state index in [4.69, 9.17) is 13.9 Å². The predicted octanol–water partition coefficient (Wildman–Crippen LogP) is 1.22. The molecule has 0 aromatic carbocycles. The molecule has 0 aliphatic carbocycles. The van der Waals surface area contributed by atoms with Crippen molar-refractivity contribution in [2.45, 2.75) is 31.8 Å². The Balaban J connectivity index is 2.06. The number of furan rings is 1. The quantitative estimate of drug-likeness (QED) is 0.618. The summed E-state index contributed by atoms with van der Waals surface area (Å²) in [6.07, 6.45) is 1.01. The molecule has 1 saturated heterocycles. The smallest absolute Gasteiger partial charge is 0.252 e. The fraction of sp³-hybridized carbons (Fsp3) is 0.545. The SMILES string of the molecule is COC(C)(C)OC1C(=O)N[C@H]1c1ccco1. The number of hydrogen-bond donors (Lipinski definition) is 1. The van der Waals surface area contributed by atoms with E-state index in [1.54, 1.807) is 39.4 Å². The zero-order valence-corrected chi connectivity index (χ0v) is 9.52. The van der Waals surface area contributed by atoms with Gasteiger partial charge in [-0.2, -0.15) is 0 Å². The minimum absolute atomic E-state index is 0.147. The number of carbonyl (C=O) groups is 1. The summed E-state index contributed by atoms with van der Waals surface area (Å²) in [6.45, 7) is 3.52. The third kappa shape index (κ3) is 1.96. The Hall–Kier alpha value is -1.33. The first-order valence-electron chi connectivity index (χ1n) is 5.10. The Morgan fingerprint density at radius 1 is 1.50 bits per heavy atom. The maximum atomic E-state index is 11.4. The van der Waals surface area contributed by atoms with Gasteiger partial charge in [-0.3, -0.25) is 4.79 Å². The van der Waals surface area contributed by atoms with Crippen molar-refractivity contribution in [2.75, 3.05) is 7.11 Å². The number of carbonyl (C=O) groups excluding carboxylic acids is 1. The molecule has 88 valence electrons. The first-order chi connectivity index (χ1) is 7.53. The van der Waals surface area contributed by atoms with E-state index in [2.05, 4.69) is 5.32 Å². The summed E-state index contributed by atoms with van der Waals surface area (Å²) in [7, 11) is 1.54. The van der Waals surface area contributed by atoms with Gasteiger partial charge in [0.05, 0.1) is 6.26 Å². The van der Waals surface area contributed by atoms with Crippen LogP contribution < -0.4 is 5.32 Å². The lowest BCUT2D eigenvalue weighted by Gasteiger charge is -2.39. The highest BCUT2D eigenvalue weighted by atomic mass is 16.7. The molecule has 1 fully saturated rings. The number of ether oxygens (including phenoxy) is 2. The average molecular weight is 225 g/mol. The van der Waals surface area contributed by atoms with E-state index in [0.29, 0.717) is 5.76 Å². The number of rotatable bonds is 4. The normalized spacial score (nSPS) is 25.1. The average Bonchev–Trinajstić information content (AvgIpc) is 2.76. The van der Waals surface area contributed by atoms with Crippen molar-refractivity contribution in [1.29, 1.82) is 0 Å². The highest BCUT2D eigenvalue weighted by Gasteiger charge is 2.45. The molecule has 1 N–H and O–H groups in total. The van der Waals surface area contributed by atoms with Crippen LogP contribution in [0, 0.1) is 0 Å². The number of methoxy groups -OCH3 is 1. The lowest BCUT2D eigenvalue weighted by molar-refractivity contribution is -0.239. The van der Waals surface area contributed by atoms with Crippen LogP contribution in [0.25, 0.3) is 0 Å². The van der Waals surface area contributed by atoms with E-state index in [1.165, 1.54) is 0 Å². The van der Waals surface area contributed by atoms with Gasteiger partial charge in [-0.25, -0.2) is 0 Å². The largest absolute Gasteiger partial charge is 0.467 e. The van der Waals surface area contributed by atoms with E-state index >= 15 is 0 Å². The van der Waals surface area contributed by atoms with Gasteiger partial charge < -0.3 is 19.2 Å². The Kier molecular flexibility index (Phi) is 2.73. The molecule has 1 amide bonds. The Labute approximate surface area is 93.7 Å². The molecular formula is C11H15NO4. The summed E-state index contributed by atoms with van der Waals surface area (Å²) in [5.74, 6) is -0.240. The van der Waals surface area contributed by atoms with Gasteiger partial charge in [0.25, 0.3) is 5.91 Å². The summed E-state index contributed by atoms with van der Waals surface area (Å²) in [4.78, 5) is 11.4. The molecule has 16 heavy (non-hydrogen) atoms. The molecule has 1 aliphatic heterocycles. The van der Waals surface area contributed by atoms with Crippen LogP contribution in [-0.2, 0) is 14.3 Å². The van der Waals surface area contributed by atoms with E-state index in [9.17, 15) is 4.79 Å². The summed E-state index contributed by atoms with van der Waals surface area (Å²) in [6, 6.07) is 3.36. The molecule has 0 saturated carbocycles. The molecule has 0 spiro atoms. The van der Waals surface area contributed by atoms with E-state index < -0.39 is 11.9 Å². The van der Waals surface area contributed by atoms with E-state index in [0.717, 1.165) is 0 Å². The molecule has 2 heterocycles. The van der Waals surface area contributed by atoms with Crippen LogP contribution >= 0.6 is 0 Å². The maximum absolute atomic E-state index is 11.4. The number of hydrogen-bond acceptors (Lipinski definition) is 4. The fourth-order valence-corrected chi connectivity index (χ4v) is 1.53. The maximum Gasteiger partial charge on any atom is 0.252 e. The predicted molar refractivity (Wildman–Crippen MR) is 55.6 cm³/mol. The second-order valence-electron chi connectivity index (χ2n) is 4.14. The zero-order chi connectivity index (χ0) is 11.8. The van der Waals surface area contributed by atoms with Gasteiger partial charge in [-0.1, -0.05) is 0 Å². The summed E-state index contributed by atoms with van der Waals surface area (Å²) < 4.78 is 15.9. The van der Waals surface area contributed by atoms with Crippen molar-refractivity contribution < 1.29 is 18.7 Å². The van der Waals surface area contributed by atoms with Crippen LogP contribution in [0.2, 0.25) is 0 Å². The van der Waals surface area contributed by atoms with E-state index in [-0.39, 0.29) is 11.9 Å². The first-order valence-corrected chi connectivity index (χ1v) is 5.10. The molecule has 0 bridgehead atoms. The summed E-state index contributed by atoms with van der Waals surface area (Å²) in [5, 5.41) is 2.73. The standard InChI is InChI=1S/C11H15NO4/c1-11(2,14-3)16-9-8(12-10(9)13)7-5-4-6-15-7/h4-6,8-9H,1-3H3,(H,12,13)/t8-,9?/m0/s1. The Morgan fingerprint density at radius 3 is 2.75 bits per heavy atom. The van der Waals surface area contributed by atoms with Gasteiger partial charge in [0.15, 0.2) is 11.9 Å². The minimum Gasteiger partial charge on any atom is -0.467 e. The Bertz CT molecular complexity index is 371. The summed E-state index contributed by atoms with van der Waals surface area (Å²) in [5.41, 5.74) is 0. The molecule has 1 unspecified atom stereocenters. The molecule has 0 radical (unpaired) electrons. The van der Waals surface area contributed by atoms with E-state index in [1.807, 2.05) is 0 Å². The minimum atomic E-state index is -0.784. The molecule has 2 rings (SSSR count). The van der Waals surface area contributed by atoms with Crippen molar-refractivity contribution in [3.05, 3.63) is 24.2 Å².